The molecule has 0 bridgehead atoms. The monoisotopic (exact) mass is 396 g/mol. The summed E-state index contributed by atoms with van der Waals surface area (Å²) in [5, 5.41) is 4.04. The summed E-state index contributed by atoms with van der Waals surface area (Å²) in [5.74, 6) is 1.64. The fraction of sp³-hybridized carbons (Fsp3) is 0.381. The summed E-state index contributed by atoms with van der Waals surface area (Å²) in [7, 11) is 2.22. The number of rotatable bonds is 3. The number of fused-ring (bicyclic) bond motifs is 1. The van der Waals surface area contributed by atoms with Gasteiger partial charge in [-0.05, 0) is 44.0 Å². The molecule has 28 heavy (non-hydrogen) atoms. The maximum Gasteiger partial charge on any atom is 0.266 e. The first-order valence-corrected chi connectivity index (χ1v) is 10.5. The van der Waals surface area contributed by atoms with Crippen molar-refractivity contribution >= 4 is 39.0 Å². The van der Waals surface area contributed by atoms with Crippen LogP contribution in [-0.2, 0) is 0 Å². The molecule has 7 heteroatoms. The van der Waals surface area contributed by atoms with Gasteiger partial charge in [0.1, 0.15) is 16.5 Å². The van der Waals surface area contributed by atoms with Crippen LogP contribution in [0.5, 0.6) is 0 Å². The van der Waals surface area contributed by atoms with E-state index in [0.29, 0.717) is 4.88 Å². The number of quaternary nitrogens is 1. The van der Waals surface area contributed by atoms with Gasteiger partial charge in [-0.25, -0.2) is 9.97 Å². The lowest BCUT2D eigenvalue weighted by Gasteiger charge is -2.31. The molecule has 4 rings (SSSR count). The number of likely N-dealkylation sites (N-methyl/N-ethyl adjacent to an activating group) is 1. The van der Waals surface area contributed by atoms with Crippen molar-refractivity contribution in [1.82, 2.24) is 9.97 Å². The van der Waals surface area contributed by atoms with Gasteiger partial charge in [-0.3, -0.25) is 4.79 Å². The lowest BCUT2D eigenvalue weighted by atomic mass is 10.1. The molecule has 0 atom stereocenters. The zero-order valence-corrected chi connectivity index (χ0v) is 17.6. The van der Waals surface area contributed by atoms with E-state index in [0.717, 1.165) is 64.9 Å². The van der Waals surface area contributed by atoms with Gasteiger partial charge >= 0.3 is 0 Å². The lowest BCUT2D eigenvalue weighted by Crippen LogP contribution is -3.12. The average molecular weight is 397 g/mol. The molecular formula is C21H26N5OS+. The normalized spacial score (nSPS) is 15.2. The number of aromatic nitrogens is 2. The zero-order valence-electron chi connectivity index (χ0n) is 16.8. The number of amides is 1. The number of thiophene rings is 1. The van der Waals surface area contributed by atoms with Crippen molar-refractivity contribution in [3.05, 3.63) is 46.1 Å². The number of benzene rings is 1. The largest absolute Gasteiger partial charge is 0.345 e. The number of carbonyl (C=O) groups is 1. The number of aryl methyl sites for hydroxylation is 3. The van der Waals surface area contributed by atoms with Gasteiger partial charge in [-0.2, -0.15) is 0 Å². The second kappa shape index (κ2) is 7.48. The molecule has 0 spiro atoms. The van der Waals surface area contributed by atoms with Crippen LogP contribution >= 0.6 is 11.3 Å². The van der Waals surface area contributed by atoms with Crippen LogP contribution in [0.1, 0.15) is 26.6 Å². The summed E-state index contributed by atoms with van der Waals surface area (Å²) < 4.78 is 0. The van der Waals surface area contributed by atoms with Crippen molar-refractivity contribution in [1.29, 1.82) is 0 Å². The average Bonchev–Trinajstić information content (AvgIpc) is 2.98. The van der Waals surface area contributed by atoms with E-state index in [1.54, 1.807) is 4.90 Å². The molecule has 146 valence electrons. The van der Waals surface area contributed by atoms with Crippen LogP contribution in [-0.4, -0.2) is 49.1 Å². The van der Waals surface area contributed by atoms with E-state index < -0.39 is 0 Å². The van der Waals surface area contributed by atoms with Gasteiger partial charge in [-0.1, -0.05) is 12.1 Å². The molecule has 1 amide bonds. The highest BCUT2D eigenvalue weighted by Gasteiger charge is 2.25. The minimum Gasteiger partial charge on any atom is -0.345 e. The van der Waals surface area contributed by atoms with Crippen LogP contribution in [0.15, 0.2) is 24.3 Å². The van der Waals surface area contributed by atoms with Crippen molar-refractivity contribution < 1.29 is 9.69 Å². The minimum absolute atomic E-state index is 0.0856. The topological polar surface area (TPSA) is 62.6 Å². The highest BCUT2D eigenvalue weighted by atomic mass is 32.1. The highest BCUT2D eigenvalue weighted by molar-refractivity contribution is 7.20. The molecule has 0 unspecified atom stereocenters. The number of piperazine rings is 1. The molecule has 1 aliphatic rings. The van der Waals surface area contributed by atoms with E-state index >= 15 is 0 Å². The first-order valence-electron chi connectivity index (χ1n) is 9.64. The summed E-state index contributed by atoms with van der Waals surface area (Å²) in [5.41, 5.74) is 2.89. The van der Waals surface area contributed by atoms with E-state index in [9.17, 15) is 4.79 Å². The smallest absolute Gasteiger partial charge is 0.266 e. The lowest BCUT2D eigenvalue weighted by molar-refractivity contribution is -0.880. The van der Waals surface area contributed by atoms with Gasteiger partial charge in [0, 0.05) is 5.69 Å². The highest BCUT2D eigenvalue weighted by Crippen LogP contribution is 2.36. The molecule has 0 saturated carbocycles. The summed E-state index contributed by atoms with van der Waals surface area (Å²) in [4.78, 5) is 27.8. The Bertz CT molecular complexity index is 1040. The number of carbonyl (C=O) groups excluding carboxylic acids is 1. The SMILES string of the molecule is Cc1cccc(NC(=O)c2sc3nc(C)nc(N4CC[NH+](C)CC4)c3c2C)c1. The van der Waals surface area contributed by atoms with Gasteiger partial charge in [0.2, 0.25) is 0 Å². The van der Waals surface area contributed by atoms with Crippen molar-refractivity contribution in [3.63, 3.8) is 0 Å². The third kappa shape index (κ3) is 3.59. The summed E-state index contributed by atoms with van der Waals surface area (Å²) in [6, 6.07) is 7.85. The zero-order chi connectivity index (χ0) is 19.8. The molecule has 2 N–H and O–H groups in total. The molecule has 2 aromatic heterocycles. The summed E-state index contributed by atoms with van der Waals surface area (Å²) >= 11 is 1.45. The molecule has 0 radical (unpaired) electrons. The van der Waals surface area contributed by atoms with Crippen LogP contribution in [0.25, 0.3) is 10.2 Å². The Balaban J connectivity index is 1.72. The second-order valence-electron chi connectivity index (χ2n) is 7.60. The van der Waals surface area contributed by atoms with Gasteiger partial charge in [-0.15, -0.1) is 11.3 Å². The van der Waals surface area contributed by atoms with Gasteiger partial charge in [0.15, 0.2) is 0 Å². The Kier molecular flexibility index (Phi) is 5.03. The van der Waals surface area contributed by atoms with Crippen LogP contribution < -0.4 is 15.1 Å². The van der Waals surface area contributed by atoms with Crippen LogP contribution in [0.4, 0.5) is 11.5 Å². The summed E-state index contributed by atoms with van der Waals surface area (Å²) in [6.45, 7) is 10.1. The predicted molar refractivity (Wildman–Crippen MR) is 115 cm³/mol. The maximum atomic E-state index is 13.0. The van der Waals surface area contributed by atoms with Gasteiger partial charge in [0.25, 0.3) is 5.91 Å². The Morgan fingerprint density at radius 1 is 1.18 bits per heavy atom. The molecule has 6 nitrogen and oxygen atoms in total. The predicted octanol–water partition coefficient (Wildman–Crippen LogP) is 2.20. The quantitative estimate of drug-likeness (QED) is 0.713. The van der Waals surface area contributed by atoms with Crippen molar-refractivity contribution in [3.8, 4) is 0 Å². The summed E-state index contributed by atoms with van der Waals surface area (Å²) in [6.07, 6.45) is 0. The third-order valence-corrected chi connectivity index (χ3v) is 6.47. The molecule has 3 aromatic rings. The van der Waals surface area contributed by atoms with Crippen LogP contribution in [0.3, 0.4) is 0 Å². The molecule has 1 saturated heterocycles. The molecular weight excluding hydrogens is 370 g/mol. The van der Waals surface area contributed by atoms with E-state index in [4.69, 9.17) is 4.98 Å². The fourth-order valence-corrected chi connectivity index (χ4v) is 4.79. The number of anilines is 2. The van der Waals surface area contributed by atoms with Crippen LogP contribution in [0.2, 0.25) is 0 Å². The Morgan fingerprint density at radius 3 is 2.64 bits per heavy atom. The first-order chi connectivity index (χ1) is 13.4. The Labute approximate surface area is 169 Å². The molecule has 1 aromatic carbocycles. The Morgan fingerprint density at radius 2 is 1.93 bits per heavy atom. The minimum atomic E-state index is -0.0856. The van der Waals surface area contributed by atoms with Crippen LogP contribution in [0, 0.1) is 20.8 Å². The van der Waals surface area contributed by atoms with E-state index in [1.807, 2.05) is 45.0 Å². The number of hydrogen-bond donors (Lipinski definition) is 2. The van der Waals surface area contributed by atoms with Crippen molar-refractivity contribution in [2.75, 3.05) is 43.4 Å². The van der Waals surface area contributed by atoms with Crippen molar-refractivity contribution in [2.24, 2.45) is 0 Å². The van der Waals surface area contributed by atoms with Crippen molar-refractivity contribution in [2.45, 2.75) is 20.8 Å². The second-order valence-corrected chi connectivity index (χ2v) is 8.60. The number of hydrogen-bond acceptors (Lipinski definition) is 5. The Hall–Kier alpha value is -2.51. The van der Waals surface area contributed by atoms with Gasteiger partial charge < -0.3 is 15.1 Å². The number of nitrogens with one attached hydrogen (secondary N) is 2. The molecule has 1 fully saturated rings. The maximum absolute atomic E-state index is 13.0. The molecule has 3 heterocycles. The fourth-order valence-electron chi connectivity index (χ4n) is 3.68. The van der Waals surface area contributed by atoms with Gasteiger partial charge in [0.05, 0.1) is 43.5 Å². The first kappa shape index (κ1) is 18.8. The van der Waals surface area contributed by atoms with E-state index in [-0.39, 0.29) is 5.91 Å². The van der Waals surface area contributed by atoms with E-state index in [1.165, 1.54) is 11.3 Å². The molecule has 0 aliphatic carbocycles. The standard InChI is InChI=1S/C21H25N5OS/c1-13-6-5-7-16(12-13)24-20(27)18-14(2)17-19(22-15(3)23-21(17)28-18)26-10-8-25(4)9-11-26/h5-7,12H,8-11H2,1-4H3,(H,24,27)/p+1. The molecule has 1 aliphatic heterocycles. The third-order valence-electron chi connectivity index (χ3n) is 5.28. The number of nitrogens with zero attached hydrogens (tertiary/aromatic N) is 3. The van der Waals surface area contributed by atoms with E-state index in [2.05, 4.69) is 22.2 Å².